The van der Waals surface area contributed by atoms with E-state index in [0.717, 1.165) is 52.0 Å². The third-order valence-electron chi connectivity index (χ3n) is 6.30. The van der Waals surface area contributed by atoms with Crippen LogP contribution in [-0.4, -0.2) is 74.2 Å². The second-order valence-electron chi connectivity index (χ2n) is 8.41. The minimum atomic E-state index is -0.616. The smallest absolute Gasteiger partial charge is 0.344 e. The lowest BCUT2D eigenvalue weighted by Crippen LogP contribution is -2.59. The number of ketones is 1. The lowest BCUT2D eigenvalue weighted by Gasteiger charge is -2.48. The molecule has 1 saturated heterocycles. The molecule has 0 atom stereocenters. The number of rotatable bonds is 10. The van der Waals surface area contributed by atoms with Crippen LogP contribution in [-0.2, 0) is 19.1 Å². The molecular weight excluding hydrogens is 412 g/mol. The van der Waals surface area contributed by atoms with Crippen LogP contribution in [0, 0.1) is 0 Å². The molecular formula is C24H34N2O6. The monoisotopic (exact) mass is 446 g/mol. The fourth-order valence-corrected chi connectivity index (χ4v) is 4.44. The van der Waals surface area contributed by atoms with Gasteiger partial charge in [0.2, 0.25) is 0 Å². The van der Waals surface area contributed by atoms with Crippen molar-refractivity contribution in [2.45, 2.75) is 51.0 Å². The zero-order valence-corrected chi connectivity index (χ0v) is 18.9. The highest BCUT2D eigenvalue weighted by Gasteiger charge is 2.38. The normalized spacial score (nSPS) is 18.5. The Bertz CT molecular complexity index is 767. The number of hydrogen-bond acceptors (Lipinski definition) is 7. The summed E-state index contributed by atoms with van der Waals surface area (Å²) in [5, 5.41) is 2.97. The maximum atomic E-state index is 12.3. The van der Waals surface area contributed by atoms with Crippen molar-refractivity contribution in [2.24, 2.45) is 0 Å². The summed E-state index contributed by atoms with van der Waals surface area (Å²) in [6.45, 7) is 4.96. The minimum absolute atomic E-state index is 0.0316. The summed E-state index contributed by atoms with van der Waals surface area (Å²) < 4.78 is 15.9. The van der Waals surface area contributed by atoms with Crippen LogP contribution in [0.25, 0.3) is 0 Å². The number of morpholine rings is 1. The molecule has 32 heavy (non-hydrogen) atoms. The molecule has 176 valence electrons. The summed E-state index contributed by atoms with van der Waals surface area (Å²) in [4.78, 5) is 38.4. The van der Waals surface area contributed by atoms with E-state index < -0.39 is 5.97 Å². The molecule has 8 nitrogen and oxygen atoms in total. The van der Waals surface area contributed by atoms with Gasteiger partial charge in [0.1, 0.15) is 5.75 Å². The van der Waals surface area contributed by atoms with E-state index in [0.29, 0.717) is 24.3 Å². The predicted octanol–water partition coefficient (Wildman–Crippen LogP) is 2.35. The Morgan fingerprint density at radius 2 is 1.72 bits per heavy atom. The maximum absolute atomic E-state index is 12.3. The van der Waals surface area contributed by atoms with E-state index in [2.05, 4.69) is 10.2 Å². The Morgan fingerprint density at radius 1 is 1.03 bits per heavy atom. The van der Waals surface area contributed by atoms with Crippen molar-refractivity contribution >= 4 is 17.7 Å². The number of carbonyl (C=O) groups is 3. The van der Waals surface area contributed by atoms with Crippen molar-refractivity contribution in [3.63, 3.8) is 0 Å². The van der Waals surface area contributed by atoms with Crippen LogP contribution >= 0.6 is 0 Å². The molecule has 2 aliphatic rings. The first kappa shape index (κ1) is 24.2. The number of hydrogen-bond donors (Lipinski definition) is 1. The summed E-state index contributed by atoms with van der Waals surface area (Å²) in [6, 6.07) is 6.60. The Morgan fingerprint density at radius 3 is 2.38 bits per heavy atom. The lowest BCUT2D eigenvalue weighted by atomic mass is 9.79. The number of ether oxygens (including phenoxy) is 3. The lowest BCUT2D eigenvalue weighted by molar-refractivity contribution is -0.150. The van der Waals surface area contributed by atoms with Gasteiger partial charge in [-0.05, 0) is 37.1 Å². The Labute approximate surface area is 189 Å². The number of benzene rings is 1. The highest BCUT2D eigenvalue weighted by molar-refractivity contribution is 5.95. The van der Waals surface area contributed by atoms with Gasteiger partial charge in [-0.25, -0.2) is 4.79 Å². The molecule has 8 heteroatoms. The van der Waals surface area contributed by atoms with E-state index in [4.69, 9.17) is 14.2 Å². The average molecular weight is 447 g/mol. The van der Waals surface area contributed by atoms with Crippen molar-refractivity contribution < 1.29 is 28.6 Å². The van der Waals surface area contributed by atoms with Crippen molar-refractivity contribution in [3.05, 3.63) is 29.8 Å². The van der Waals surface area contributed by atoms with Gasteiger partial charge in [0.05, 0.1) is 13.2 Å². The molecule has 1 heterocycles. The van der Waals surface area contributed by atoms with Crippen molar-refractivity contribution in [3.8, 4) is 5.75 Å². The fourth-order valence-electron chi connectivity index (χ4n) is 4.44. The van der Waals surface area contributed by atoms with E-state index in [1.54, 1.807) is 31.2 Å². The number of nitrogens with zero attached hydrogens (tertiary/aromatic N) is 1. The Balaban J connectivity index is 1.39. The second-order valence-corrected chi connectivity index (χ2v) is 8.41. The van der Waals surface area contributed by atoms with Crippen LogP contribution in [0.2, 0.25) is 0 Å². The molecule has 0 aromatic heterocycles. The Kier molecular flexibility index (Phi) is 9.05. The molecule has 0 radical (unpaired) electrons. The summed E-state index contributed by atoms with van der Waals surface area (Å²) in [5.74, 6) is -0.414. The van der Waals surface area contributed by atoms with Gasteiger partial charge in [0.25, 0.3) is 5.91 Å². The van der Waals surface area contributed by atoms with Gasteiger partial charge in [0.15, 0.2) is 19.0 Å². The van der Waals surface area contributed by atoms with E-state index in [9.17, 15) is 14.4 Å². The first-order valence-electron chi connectivity index (χ1n) is 11.5. The van der Waals surface area contributed by atoms with Crippen LogP contribution < -0.4 is 10.1 Å². The van der Waals surface area contributed by atoms with Crippen LogP contribution in [0.15, 0.2) is 24.3 Å². The largest absolute Gasteiger partial charge is 0.482 e. The number of amides is 1. The first-order chi connectivity index (χ1) is 15.5. The van der Waals surface area contributed by atoms with E-state index >= 15 is 0 Å². The average Bonchev–Trinajstić information content (AvgIpc) is 2.86. The van der Waals surface area contributed by atoms with Gasteiger partial charge >= 0.3 is 5.97 Å². The van der Waals surface area contributed by atoms with Gasteiger partial charge < -0.3 is 19.5 Å². The summed E-state index contributed by atoms with van der Waals surface area (Å²) >= 11 is 0. The zero-order valence-electron chi connectivity index (χ0n) is 18.9. The summed E-state index contributed by atoms with van der Waals surface area (Å²) in [5.41, 5.74) is 0.572. The quantitative estimate of drug-likeness (QED) is 0.435. The Hall–Kier alpha value is -2.45. The SMILES string of the molecule is CCC(=O)c1ccc(OCC(=O)OCC(=O)NCC2(N3CCOCC3)CCCCC2)cc1. The number of carbonyl (C=O) groups excluding carboxylic acids is 3. The molecule has 0 spiro atoms. The van der Waals surface area contributed by atoms with Crippen molar-refractivity contribution in [1.82, 2.24) is 10.2 Å². The van der Waals surface area contributed by atoms with Crippen molar-refractivity contribution in [2.75, 3.05) is 46.1 Å². The minimum Gasteiger partial charge on any atom is -0.482 e. The molecule has 3 rings (SSSR count). The van der Waals surface area contributed by atoms with E-state index in [-0.39, 0.29) is 30.4 Å². The van der Waals surface area contributed by atoms with E-state index in [1.807, 2.05) is 0 Å². The third-order valence-corrected chi connectivity index (χ3v) is 6.30. The number of esters is 1. The molecule has 0 unspecified atom stereocenters. The van der Waals surface area contributed by atoms with Crippen LogP contribution in [0.1, 0.15) is 55.8 Å². The highest BCUT2D eigenvalue weighted by atomic mass is 16.6. The molecule has 2 fully saturated rings. The fraction of sp³-hybridized carbons (Fsp3) is 0.625. The summed E-state index contributed by atoms with van der Waals surface area (Å²) in [7, 11) is 0. The molecule has 1 saturated carbocycles. The predicted molar refractivity (Wildman–Crippen MR) is 119 cm³/mol. The molecule has 1 aromatic carbocycles. The van der Waals surface area contributed by atoms with Crippen molar-refractivity contribution in [1.29, 1.82) is 0 Å². The molecule has 1 aliphatic heterocycles. The van der Waals surface area contributed by atoms with Crippen LogP contribution in [0.3, 0.4) is 0 Å². The van der Waals surface area contributed by atoms with E-state index in [1.165, 1.54) is 6.42 Å². The van der Waals surface area contributed by atoms with Crippen LogP contribution in [0.4, 0.5) is 0 Å². The zero-order chi connectivity index (χ0) is 22.8. The molecule has 1 aromatic rings. The molecule has 0 bridgehead atoms. The number of Topliss-reactive ketones (excluding diaryl/α,β-unsaturated/α-hetero) is 1. The number of nitrogens with one attached hydrogen (secondary N) is 1. The van der Waals surface area contributed by atoms with Gasteiger partial charge in [0, 0.05) is 37.2 Å². The molecule has 1 N–H and O–H groups in total. The molecule has 1 amide bonds. The summed E-state index contributed by atoms with van der Waals surface area (Å²) in [6.07, 6.45) is 6.10. The highest BCUT2D eigenvalue weighted by Crippen LogP contribution is 2.33. The van der Waals surface area contributed by atoms with Gasteiger partial charge in [-0.1, -0.05) is 26.2 Å². The second kappa shape index (κ2) is 12.0. The van der Waals surface area contributed by atoms with Gasteiger partial charge in [-0.15, -0.1) is 0 Å². The topological polar surface area (TPSA) is 94.2 Å². The van der Waals surface area contributed by atoms with Crippen LogP contribution in [0.5, 0.6) is 5.75 Å². The standard InChI is InChI=1S/C24H34N2O6/c1-2-21(27)19-6-8-20(9-7-19)31-17-23(29)32-16-22(28)25-18-24(10-4-3-5-11-24)26-12-14-30-15-13-26/h6-9H,2-5,10-18H2,1H3,(H,25,28). The van der Waals surface area contributed by atoms with Gasteiger partial charge in [-0.2, -0.15) is 0 Å². The third kappa shape index (κ3) is 6.77. The first-order valence-corrected chi connectivity index (χ1v) is 11.5. The maximum Gasteiger partial charge on any atom is 0.344 e. The van der Waals surface area contributed by atoms with Gasteiger partial charge in [-0.3, -0.25) is 14.5 Å². The molecule has 1 aliphatic carbocycles.